The Balaban J connectivity index is 1.55. The standard InChI is InChI=1S/C36H42F3N5O9/c1-34(2,52)15-44(33(51)41-19-9-7-18(8-10-19)36(37,38)39)14-17-13-22(42(3)4)20-11-16-12-21-26(43(5)6)29(47)25(32(40)50)31(49)35(21,53)30(48)23(16)28(46)24(20)27(17)45/h7-10,13,16,21,23,25-26,45,52-53H,11-12,14-15H2,1-6H3,(H2,40,50)(H,41,51)/t16-,21-,23?,25?,26-,35-/m0/s1. The summed E-state index contributed by atoms with van der Waals surface area (Å²) in [6, 6.07) is 3.09. The maximum atomic E-state index is 14.4. The van der Waals surface area contributed by atoms with Crippen LogP contribution in [0.1, 0.15) is 47.3 Å². The number of aliphatic hydroxyl groups is 2. The number of amides is 3. The van der Waals surface area contributed by atoms with Crippen molar-refractivity contribution in [1.82, 2.24) is 9.80 Å². The van der Waals surface area contributed by atoms with Gasteiger partial charge in [0.15, 0.2) is 34.7 Å². The summed E-state index contributed by atoms with van der Waals surface area (Å²) < 4.78 is 39.3. The summed E-state index contributed by atoms with van der Waals surface area (Å²) in [5.74, 6) is -12.2. The summed E-state index contributed by atoms with van der Waals surface area (Å²) in [6.07, 6.45) is -4.73. The van der Waals surface area contributed by atoms with Gasteiger partial charge in [0.1, 0.15) is 5.75 Å². The molecule has 6 N–H and O–H groups in total. The van der Waals surface area contributed by atoms with E-state index < -0.39 is 100 Å². The Morgan fingerprint density at radius 3 is 2.13 bits per heavy atom. The first-order valence-electron chi connectivity index (χ1n) is 16.7. The van der Waals surface area contributed by atoms with Crippen molar-refractivity contribution >= 4 is 46.4 Å². The van der Waals surface area contributed by atoms with Gasteiger partial charge in [0.2, 0.25) is 5.91 Å². The summed E-state index contributed by atoms with van der Waals surface area (Å²) in [5, 5.41) is 36.7. The molecule has 2 aromatic carbocycles. The molecule has 0 spiro atoms. The van der Waals surface area contributed by atoms with Crippen LogP contribution in [0.2, 0.25) is 0 Å². The van der Waals surface area contributed by atoms with Gasteiger partial charge in [0.05, 0.1) is 41.8 Å². The summed E-state index contributed by atoms with van der Waals surface area (Å²) in [5.41, 5.74) is 0.536. The highest BCUT2D eigenvalue weighted by Crippen LogP contribution is 2.52. The summed E-state index contributed by atoms with van der Waals surface area (Å²) in [4.78, 5) is 85.6. The molecule has 14 nitrogen and oxygen atoms in total. The van der Waals surface area contributed by atoms with Gasteiger partial charge in [-0.25, -0.2) is 4.79 Å². The molecule has 286 valence electrons. The molecule has 5 rings (SSSR count). The van der Waals surface area contributed by atoms with Gasteiger partial charge in [-0.15, -0.1) is 0 Å². The van der Waals surface area contributed by atoms with E-state index in [0.717, 1.165) is 29.2 Å². The molecule has 2 fully saturated rings. The molecule has 0 saturated heterocycles. The van der Waals surface area contributed by atoms with Crippen LogP contribution in [0.15, 0.2) is 30.3 Å². The maximum absolute atomic E-state index is 14.4. The topological polar surface area (TPSA) is 211 Å². The van der Waals surface area contributed by atoms with Gasteiger partial charge in [-0.3, -0.25) is 28.9 Å². The van der Waals surface area contributed by atoms with Gasteiger partial charge in [0, 0.05) is 37.0 Å². The molecule has 2 saturated carbocycles. The number of hydrogen-bond acceptors (Lipinski definition) is 11. The van der Waals surface area contributed by atoms with E-state index in [0.29, 0.717) is 11.3 Å². The molecule has 17 heteroatoms. The number of likely N-dealkylation sites (N-methyl/N-ethyl adjacent to an activating group) is 1. The average Bonchev–Trinajstić information content (AvgIpc) is 3.02. The number of benzene rings is 2. The average molecular weight is 746 g/mol. The predicted octanol–water partition coefficient (Wildman–Crippen LogP) is 1.76. The molecular formula is C36H42F3N5O9. The van der Waals surface area contributed by atoms with Gasteiger partial charge in [-0.05, 0) is 82.6 Å². The smallest absolute Gasteiger partial charge is 0.416 e. The predicted molar refractivity (Wildman–Crippen MR) is 183 cm³/mol. The molecule has 3 aliphatic rings. The van der Waals surface area contributed by atoms with Crippen LogP contribution in [0, 0.1) is 23.7 Å². The molecule has 0 bridgehead atoms. The molecule has 0 aromatic heterocycles. The molecule has 0 aliphatic heterocycles. The van der Waals surface area contributed by atoms with Gasteiger partial charge >= 0.3 is 12.2 Å². The molecular weight excluding hydrogens is 703 g/mol. The van der Waals surface area contributed by atoms with Crippen molar-refractivity contribution in [2.45, 2.75) is 56.7 Å². The van der Waals surface area contributed by atoms with Crippen molar-refractivity contribution in [1.29, 1.82) is 0 Å². The Morgan fingerprint density at radius 2 is 1.62 bits per heavy atom. The first kappa shape index (κ1) is 39.3. The van der Waals surface area contributed by atoms with Gasteiger partial charge in [-0.1, -0.05) is 0 Å². The van der Waals surface area contributed by atoms with E-state index in [1.807, 2.05) is 0 Å². The van der Waals surface area contributed by atoms with E-state index >= 15 is 0 Å². The monoisotopic (exact) mass is 745 g/mol. The first-order chi connectivity index (χ1) is 24.4. The highest BCUT2D eigenvalue weighted by molar-refractivity contribution is 6.32. The fourth-order valence-corrected chi connectivity index (χ4v) is 8.04. The Labute approximate surface area is 302 Å². The molecule has 53 heavy (non-hydrogen) atoms. The van der Waals surface area contributed by atoms with Crippen molar-refractivity contribution in [3.05, 3.63) is 52.6 Å². The molecule has 2 unspecified atom stereocenters. The van der Waals surface area contributed by atoms with Crippen LogP contribution in [0.25, 0.3) is 0 Å². The number of hydrogen-bond donors (Lipinski definition) is 5. The molecule has 0 radical (unpaired) electrons. The fourth-order valence-electron chi connectivity index (χ4n) is 8.04. The van der Waals surface area contributed by atoms with E-state index in [4.69, 9.17) is 5.73 Å². The van der Waals surface area contributed by atoms with E-state index in [1.54, 1.807) is 19.0 Å². The van der Waals surface area contributed by atoms with Crippen LogP contribution < -0.4 is 16.0 Å². The van der Waals surface area contributed by atoms with Crippen molar-refractivity contribution in [2.24, 2.45) is 29.4 Å². The number of carbonyl (C=O) groups excluding carboxylic acids is 6. The number of rotatable bonds is 8. The zero-order valence-electron chi connectivity index (χ0n) is 29.9. The third-order valence-corrected chi connectivity index (χ3v) is 10.3. The molecule has 6 atom stereocenters. The number of nitrogens with one attached hydrogen (secondary N) is 1. The lowest BCUT2D eigenvalue weighted by Crippen LogP contribution is -2.74. The summed E-state index contributed by atoms with van der Waals surface area (Å²) in [7, 11) is 6.30. The Morgan fingerprint density at radius 1 is 1.02 bits per heavy atom. The second-order valence-corrected chi connectivity index (χ2v) is 15.1. The minimum absolute atomic E-state index is 0.00622. The van der Waals surface area contributed by atoms with Gasteiger partial charge in [-0.2, -0.15) is 13.2 Å². The highest BCUT2D eigenvalue weighted by atomic mass is 19.4. The third kappa shape index (κ3) is 6.88. The Hall–Kier alpha value is -4.87. The molecule has 3 amide bonds. The minimum atomic E-state index is -4.60. The lowest BCUT2D eigenvalue weighted by molar-refractivity contribution is -0.181. The minimum Gasteiger partial charge on any atom is -0.507 e. The van der Waals surface area contributed by atoms with Crippen LogP contribution in [0.3, 0.4) is 0 Å². The molecule has 2 aromatic rings. The summed E-state index contributed by atoms with van der Waals surface area (Å²) in [6.45, 7) is 2.05. The second kappa shape index (κ2) is 13.5. The van der Waals surface area contributed by atoms with Gasteiger partial charge in [0.25, 0.3) is 0 Å². The lowest BCUT2D eigenvalue weighted by atomic mass is 9.52. The number of phenols is 1. The number of nitrogens with two attached hydrogens (primary N) is 1. The lowest BCUT2D eigenvalue weighted by Gasteiger charge is -2.52. The third-order valence-electron chi connectivity index (χ3n) is 10.3. The quantitative estimate of drug-likeness (QED) is 0.246. The number of fused-ring (bicyclic) bond motifs is 3. The van der Waals surface area contributed by atoms with Crippen LogP contribution in [0.5, 0.6) is 5.75 Å². The number of halogens is 3. The number of urea groups is 1. The van der Waals surface area contributed by atoms with Gasteiger partial charge < -0.3 is 36.2 Å². The number of phenolic OH excluding ortho intramolecular Hbond substituents is 1. The number of ketones is 4. The van der Waals surface area contributed by atoms with E-state index in [-0.39, 0.29) is 36.2 Å². The molecule has 0 heterocycles. The maximum Gasteiger partial charge on any atom is 0.416 e. The Kier molecular flexibility index (Phi) is 10.0. The number of aromatic hydroxyl groups is 1. The number of alkyl halides is 3. The van der Waals surface area contributed by atoms with Crippen LogP contribution in [-0.4, -0.2) is 112 Å². The Bertz CT molecular complexity index is 1890. The van der Waals surface area contributed by atoms with Crippen LogP contribution >= 0.6 is 0 Å². The number of anilines is 2. The van der Waals surface area contributed by atoms with Crippen LogP contribution in [-0.2, 0) is 38.3 Å². The number of carbonyl (C=O) groups is 6. The largest absolute Gasteiger partial charge is 0.507 e. The molecule has 3 aliphatic carbocycles. The van der Waals surface area contributed by atoms with E-state index in [9.17, 15) is 57.3 Å². The van der Waals surface area contributed by atoms with Crippen molar-refractivity contribution in [3.63, 3.8) is 0 Å². The number of nitrogens with zero attached hydrogens (tertiary/aromatic N) is 3. The first-order valence-corrected chi connectivity index (χ1v) is 16.7. The van der Waals surface area contributed by atoms with Crippen molar-refractivity contribution in [3.8, 4) is 5.75 Å². The highest BCUT2D eigenvalue weighted by Gasteiger charge is 2.69. The zero-order valence-corrected chi connectivity index (χ0v) is 29.9. The van der Waals surface area contributed by atoms with Crippen molar-refractivity contribution < 1.29 is 57.3 Å². The number of Topliss-reactive ketones (excluding diaryl/α,β-unsaturated/α-hetero) is 4. The van der Waals surface area contributed by atoms with E-state index in [2.05, 4.69) is 5.32 Å². The summed E-state index contributed by atoms with van der Waals surface area (Å²) >= 11 is 0. The second-order valence-electron chi connectivity index (χ2n) is 15.1. The normalized spacial score (nSPS) is 25.8. The SMILES string of the molecule is CN(C)c1cc(CN(CC(C)(C)O)C(=O)Nc2ccc(C(F)(F)F)cc2)c(O)c2c1C[C@H]1C[C@H]3[C@H](N(C)C)C(=O)C(C(N)=O)C(=O)[C@@]3(O)C(=O)C1C2=O. The zero-order chi connectivity index (χ0) is 39.7. The fraction of sp³-hybridized carbons (Fsp3) is 0.500. The van der Waals surface area contributed by atoms with Crippen LogP contribution in [0.4, 0.5) is 29.3 Å². The van der Waals surface area contributed by atoms with E-state index in [1.165, 1.54) is 38.9 Å². The van der Waals surface area contributed by atoms with Crippen molar-refractivity contribution in [2.75, 3.05) is 45.0 Å². The number of primary amides is 1.